The lowest BCUT2D eigenvalue weighted by Gasteiger charge is -2.10. The summed E-state index contributed by atoms with van der Waals surface area (Å²) in [5.41, 5.74) is 2.63. The Kier molecular flexibility index (Phi) is 5.04. The van der Waals surface area contributed by atoms with Crippen LogP contribution in [0.3, 0.4) is 0 Å². The van der Waals surface area contributed by atoms with Crippen molar-refractivity contribution >= 4 is 45.1 Å². The van der Waals surface area contributed by atoms with E-state index >= 15 is 0 Å². The van der Waals surface area contributed by atoms with Gasteiger partial charge in [0.2, 0.25) is 0 Å². The van der Waals surface area contributed by atoms with Crippen molar-refractivity contribution in [2.75, 3.05) is 0 Å². The molecular formula is C20H17NO3S2. The van der Waals surface area contributed by atoms with Gasteiger partial charge < -0.3 is 4.74 Å². The summed E-state index contributed by atoms with van der Waals surface area (Å²) in [6.07, 6.45) is 1.40. The number of rotatable bonds is 5. The van der Waals surface area contributed by atoms with E-state index in [-0.39, 0.29) is 5.78 Å². The van der Waals surface area contributed by atoms with Gasteiger partial charge in [-0.05, 0) is 42.7 Å². The fraction of sp³-hybridized carbons (Fsp3) is 0.250. The molecule has 0 aliphatic heterocycles. The zero-order chi connectivity index (χ0) is 17.9. The third-order valence-electron chi connectivity index (χ3n) is 4.32. The molecule has 1 atom stereocenters. The first-order valence-corrected chi connectivity index (χ1v) is 10.3. The molecule has 0 unspecified atom stereocenters. The Balaban J connectivity index is 1.36. The Labute approximate surface area is 159 Å². The van der Waals surface area contributed by atoms with Gasteiger partial charge in [-0.1, -0.05) is 36.0 Å². The molecule has 4 nitrogen and oxygen atoms in total. The third-order valence-corrected chi connectivity index (χ3v) is 6.57. The van der Waals surface area contributed by atoms with Crippen molar-refractivity contribution < 1.29 is 14.3 Å². The van der Waals surface area contributed by atoms with E-state index in [0.717, 1.165) is 27.6 Å². The van der Waals surface area contributed by atoms with Gasteiger partial charge in [0.15, 0.2) is 16.2 Å². The molecule has 2 aromatic carbocycles. The predicted molar refractivity (Wildman–Crippen MR) is 104 cm³/mol. The van der Waals surface area contributed by atoms with Gasteiger partial charge in [-0.15, -0.1) is 11.3 Å². The Morgan fingerprint density at radius 2 is 2.00 bits per heavy atom. The summed E-state index contributed by atoms with van der Waals surface area (Å²) in [5, 5.41) is 0. The first-order valence-electron chi connectivity index (χ1n) is 8.50. The number of Topliss-reactive ketones (excluding diaryl/α,β-unsaturated/α-hetero) is 1. The topological polar surface area (TPSA) is 56.3 Å². The number of ketones is 1. The molecule has 132 valence electrons. The number of esters is 1. The van der Waals surface area contributed by atoms with E-state index in [1.807, 2.05) is 30.3 Å². The summed E-state index contributed by atoms with van der Waals surface area (Å²) in [6, 6.07) is 15.5. The number of aromatic nitrogens is 1. The van der Waals surface area contributed by atoms with E-state index in [9.17, 15) is 9.59 Å². The molecule has 1 aliphatic carbocycles. The molecule has 6 heteroatoms. The van der Waals surface area contributed by atoms with E-state index in [0.29, 0.717) is 18.4 Å². The molecule has 4 rings (SSSR count). The molecule has 0 N–H and O–H groups in total. The maximum Gasteiger partial charge on any atom is 0.338 e. The Morgan fingerprint density at radius 3 is 2.73 bits per heavy atom. The Morgan fingerprint density at radius 1 is 1.19 bits per heavy atom. The number of para-hydroxylation sites is 1. The maximum absolute atomic E-state index is 12.1. The van der Waals surface area contributed by atoms with Crippen LogP contribution in [0.5, 0.6) is 0 Å². The molecule has 1 aromatic heterocycles. The average molecular weight is 383 g/mol. The van der Waals surface area contributed by atoms with Crippen molar-refractivity contribution in [3.05, 3.63) is 59.7 Å². The number of ether oxygens (including phenoxy) is 1. The Hall–Kier alpha value is -2.18. The van der Waals surface area contributed by atoms with Crippen molar-refractivity contribution in [3.8, 4) is 0 Å². The van der Waals surface area contributed by atoms with Gasteiger partial charge in [-0.25, -0.2) is 9.78 Å². The van der Waals surface area contributed by atoms with Gasteiger partial charge in [0.1, 0.15) is 0 Å². The highest BCUT2D eigenvalue weighted by molar-refractivity contribution is 8.00. The number of thiazole rings is 1. The van der Waals surface area contributed by atoms with Crippen LogP contribution in [0.15, 0.2) is 52.9 Å². The van der Waals surface area contributed by atoms with Crippen LogP contribution in [-0.4, -0.2) is 22.8 Å². The van der Waals surface area contributed by atoms with Crippen molar-refractivity contribution in [1.82, 2.24) is 4.98 Å². The maximum atomic E-state index is 12.1. The molecule has 0 radical (unpaired) electrons. The Bertz CT molecular complexity index is 916. The summed E-state index contributed by atoms with van der Waals surface area (Å²) >= 11 is 3.37. The molecule has 1 fully saturated rings. The predicted octanol–water partition coefficient (Wildman–Crippen LogP) is 4.87. The fourth-order valence-electron chi connectivity index (χ4n) is 2.90. The summed E-state index contributed by atoms with van der Waals surface area (Å²) in [7, 11) is 0. The largest absolute Gasteiger partial charge is 0.451 e. The molecule has 1 aliphatic rings. The van der Waals surface area contributed by atoms with E-state index in [1.165, 1.54) is 4.70 Å². The first-order chi connectivity index (χ1) is 12.7. The van der Waals surface area contributed by atoms with Crippen LogP contribution in [0.25, 0.3) is 10.2 Å². The number of nitrogens with zero attached hydrogens (tertiary/aromatic N) is 1. The highest BCUT2D eigenvalue weighted by Crippen LogP contribution is 2.31. The van der Waals surface area contributed by atoms with Crippen LogP contribution in [-0.2, 0) is 15.3 Å². The quantitative estimate of drug-likeness (QED) is 0.465. The summed E-state index contributed by atoms with van der Waals surface area (Å²) in [6.45, 7) is 0. The van der Waals surface area contributed by atoms with Crippen LogP contribution < -0.4 is 0 Å². The second kappa shape index (κ2) is 7.60. The van der Waals surface area contributed by atoms with Crippen LogP contribution in [0.2, 0.25) is 0 Å². The molecule has 3 aromatic rings. The fourth-order valence-corrected chi connectivity index (χ4v) is 4.92. The van der Waals surface area contributed by atoms with Gasteiger partial charge in [0, 0.05) is 12.2 Å². The van der Waals surface area contributed by atoms with Gasteiger partial charge in [0.25, 0.3) is 0 Å². The van der Waals surface area contributed by atoms with Crippen molar-refractivity contribution in [1.29, 1.82) is 0 Å². The number of fused-ring (bicyclic) bond motifs is 1. The SMILES string of the molecule is O=C(O[C@@H]1CCCC1=O)c1ccc(CSc2nc3ccccc3s2)cc1. The van der Waals surface area contributed by atoms with Gasteiger partial charge in [0.05, 0.1) is 15.8 Å². The summed E-state index contributed by atoms with van der Waals surface area (Å²) in [5.74, 6) is 0.397. The minimum absolute atomic E-state index is 0.0298. The third kappa shape index (κ3) is 3.81. The van der Waals surface area contributed by atoms with Crippen molar-refractivity contribution in [2.24, 2.45) is 0 Å². The second-order valence-electron chi connectivity index (χ2n) is 6.19. The first kappa shape index (κ1) is 17.2. The highest BCUT2D eigenvalue weighted by atomic mass is 32.2. The minimum Gasteiger partial charge on any atom is -0.451 e. The van der Waals surface area contributed by atoms with Crippen LogP contribution in [0.4, 0.5) is 0 Å². The van der Waals surface area contributed by atoms with E-state index in [2.05, 4.69) is 11.1 Å². The van der Waals surface area contributed by atoms with Gasteiger partial charge in [-0.3, -0.25) is 4.79 Å². The van der Waals surface area contributed by atoms with E-state index in [1.54, 1.807) is 35.2 Å². The summed E-state index contributed by atoms with van der Waals surface area (Å²) in [4.78, 5) is 28.4. The van der Waals surface area contributed by atoms with Crippen molar-refractivity contribution in [3.63, 3.8) is 0 Å². The number of thioether (sulfide) groups is 1. The van der Waals surface area contributed by atoms with Crippen LogP contribution >= 0.6 is 23.1 Å². The van der Waals surface area contributed by atoms with Crippen LogP contribution in [0.1, 0.15) is 35.2 Å². The molecule has 0 amide bonds. The zero-order valence-corrected chi connectivity index (χ0v) is 15.6. The molecule has 26 heavy (non-hydrogen) atoms. The smallest absolute Gasteiger partial charge is 0.338 e. The van der Waals surface area contributed by atoms with E-state index in [4.69, 9.17) is 4.74 Å². The number of hydrogen-bond acceptors (Lipinski definition) is 6. The second-order valence-corrected chi connectivity index (χ2v) is 8.44. The van der Waals surface area contributed by atoms with Gasteiger partial charge >= 0.3 is 5.97 Å². The lowest BCUT2D eigenvalue weighted by atomic mass is 10.1. The monoisotopic (exact) mass is 383 g/mol. The van der Waals surface area contributed by atoms with Crippen LogP contribution in [0, 0.1) is 0 Å². The van der Waals surface area contributed by atoms with Crippen molar-refractivity contribution in [2.45, 2.75) is 35.5 Å². The lowest BCUT2D eigenvalue weighted by molar-refractivity contribution is -0.124. The molecule has 1 saturated carbocycles. The molecule has 1 heterocycles. The number of hydrogen-bond donors (Lipinski definition) is 0. The molecular weight excluding hydrogens is 366 g/mol. The average Bonchev–Trinajstić information content (AvgIpc) is 3.26. The number of carbonyl (C=O) groups is 2. The number of carbonyl (C=O) groups excluding carboxylic acids is 2. The van der Waals surface area contributed by atoms with E-state index < -0.39 is 12.1 Å². The molecule has 0 spiro atoms. The summed E-state index contributed by atoms with van der Waals surface area (Å²) < 4.78 is 7.54. The normalized spacial score (nSPS) is 16.9. The zero-order valence-electron chi connectivity index (χ0n) is 14.0. The van der Waals surface area contributed by atoms with Gasteiger partial charge in [-0.2, -0.15) is 0 Å². The lowest BCUT2D eigenvalue weighted by Crippen LogP contribution is -2.21. The standard InChI is InChI=1S/C20H17NO3S2/c22-16-5-3-6-17(16)24-19(23)14-10-8-13(9-11-14)12-25-20-21-15-4-1-2-7-18(15)26-20/h1-2,4,7-11,17H,3,5-6,12H2/t17-/m1/s1. The minimum atomic E-state index is -0.559. The number of benzene rings is 2. The highest BCUT2D eigenvalue weighted by Gasteiger charge is 2.28. The molecule has 0 bridgehead atoms. The molecule has 0 saturated heterocycles.